The Hall–Kier alpha value is -2.06. The summed E-state index contributed by atoms with van der Waals surface area (Å²) in [5, 5.41) is 14.8. The van der Waals surface area contributed by atoms with Gasteiger partial charge in [-0.05, 0) is 24.6 Å². The molecule has 0 unspecified atom stereocenters. The van der Waals surface area contributed by atoms with Gasteiger partial charge < -0.3 is 15.4 Å². The number of hydrogen-bond donors (Lipinski definition) is 2. The Bertz CT molecular complexity index is 466. The number of rotatable bonds is 7. The van der Waals surface area contributed by atoms with Crippen molar-refractivity contribution in [3.8, 4) is 11.8 Å². The predicted octanol–water partition coefficient (Wildman–Crippen LogP) is 1.18. The van der Waals surface area contributed by atoms with E-state index in [2.05, 4.69) is 16.7 Å². The molecular weight excluding hydrogens is 242 g/mol. The van der Waals surface area contributed by atoms with Crippen LogP contribution in [-0.4, -0.2) is 26.1 Å². The fourth-order valence-electron chi connectivity index (χ4n) is 1.66. The number of carbonyl (C=O) groups is 1. The van der Waals surface area contributed by atoms with Crippen molar-refractivity contribution in [1.29, 1.82) is 5.26 Å². The zero-order chi connectivity index (χ0) is 14.1. The largest absolute Gasteiger partial charge is 0.495 e. The van der Waals surface area contributed by atoms with E-state index in [1.54, 1.807) is 13.2 Å². The van der Waals surface area contributed by atoms with Gasteiger partial charge in [0, 0.05) is 26.1 Å². The van der Waals surface area contributed by atoms with E-state index < -0.39 is 0 Å². The van der Waals surface area contributed by atoms with Crippen LogP contribution < -0.4 is 15.4 Å². The molecule has 0 spiro atoms. The molecule has 2 N–H and O–H groups in total. The van der Waals surface area contributed by atoms with Gasteiger partial charge in [-0.1, -0.05) is 6.07 Å². The summed E-state index contributed by atoms with van der Waals surface area (Å²) in [4.78, 5) is 11.2. The molecule has 102 valence electrons. The number of nitrogens with zero attached hydrogens (tertiary/aromatic N) is 1. The average molecular weight is 261 g/mol. The van der Waals surface area contributed by atoms with Gasteiger partial charge in [-0.15, -0.1) is 0 Å². The van der Waals surface area contributed by atoms with Gasteiger partial charge in [0.2, 0.25) is 5.91 Å². The van der Waals surface area contributed by atoms with Crippen molar-refractivity contribution in [2.24, 2.45) is 0 Å². The molecule has 5 nitrogen and oxygen atoms in total. The molecule has 1 rings (SSSR count). The fourth-order valence-corrected chi connectivity index (χ4v) is 1.66. The second-order valence-corrected chi connectivity index (χ2v) is 4.03. The summed E-state index contributed by atoms with van der Waals surface area (Å²) >= 11 is 0. The maximum absolute atomic E-state index is 11.2. The minimum Gasteiger partial charge on any atom is -0.495 e. The number of amides is 1. The molecule has 0 aliphatic carbocycles. The van der Waals surface area contributed by atoms with Crippen molar-refractivity contribution < 1.29 is 9.53 Å². The summed E-state index contributed by atoms with van der Waals surface area (Å²) in [5.74, 6) is 0.623. The summed E-state index contributed by atoms with van der Waals surface area (Å²) in [6, 6.07) is 7.51. The Morgan fingerprint density at radius 2 is 2.26 bits per heavy atom. The first-order valence-corrected chi connectivity index (χ1v) is 6.25. The Kier molecular flexibility index (Phi) is 6.41. The lowest BCUT2D eigenvalue weighted by molar-refractivity contribution is -0.120. The van der Waals surface area contributed by atoms with Crippen LogP contribution in [0.4, 0.5) is 0 Å². The first kappa shape index (κ1) is 15.0. The SMILES string of the molecule is CCNC(=O)CCNCc1ccc(C#N)c(OC)c1. The third-order valence-corrected chi connectivity index (χ3v) is 2.62. The molecule has 0 aromatic heterocycles. The fraction of sp³-hybridized carbons (Fsp3) is 0.429. The highest BCUT2D eigenvalue weighted by molar-refractivity contribution is 5.75. The van der Waals surface area contributed by atoms with E-state index in [0.29, 0.717) is 37.4 Å². The molecular formula is C14H19N3O2. The Morgan fingerprint density at radius 1 is 1.47 bits per heavy atom. The van der Waals surface area contributed by atoms with Crippen molar-refractivity contribution in [2.75, 3.05) is 20.2 Å². The number of nitrogens with one attached hydrogen (secondary N) is 2. The normalized spacial score (nSPS) is 9.74. The number of ether oxygens (including phenoxy) is 1. The predicted molar refractivity (Wildman–Crippen MR) is 72.7 cm³/mol. The summed E-state index contributed by atoms with van der Waals surface area (Å²) in [6.45, 7) is 3.82. The monoisotopic (exact) mass is 261 g/mol. The second-order valence-electron chi connectivity index (χ2n) is 4.03. The molecule has 0 aliphatic heterocycles. The molecule has 0 bridgehead atoms. The van der Waals surface area contributed by atoms with Gasteiger partial charge in [0.1, 0.15) is 11.8 Å². The Balaban J connectivity index is 2.42. The van der Waals surface area contributed by atoms with Gasteiger partial charge in [-0.25, -0.2) is 0 Å². The Morgan fingerprint density at radius 3 is 2.89 bits per heavy atom. The third-order valence-electron chi connectivity index (χ3n) is 2.62. The highest BCUT2D eigenvalue weighted by Crippen LogP contribution is 2.18. The van der Waals surface area contributed by atoms with Crippen LogP contribution in [0.15, 0.2) is 18.2 Å². The van der Waals surface area contributed by atoms with Crippen LogP contribution in [0.2, 0.25) is 0 Å². The van der Waals surface area contributed by atoms with Gasteiger partial charge in [0.25, 0.3) is 0 Å². The van der Waals surface area contributed by atoms with Crippen molar-refractivity contribution in [3.63, 3.8) is 0 Å². The van der Waals surface area contributed by atoms with Crippen molar-refractivity contribution >= 4 is 5.91 Å². The summed E-state index contributed by atoms with van der Waals surface area (Å²) in [7, 11) is 1.54. The molecule has 0 aliphatic rings. The summed E-state index contributed by atoms with van der Waals surface area (Å²) in [6.07, 6.45) is 0.460. The van der Waals surface area contributed by atoms with Gasteiger partial charge in [-0.3, -0.25) is 4.79 Å². The van der Waals surface area contributed by atoms with E-state index in [1.807, 2.05) is 19.1 Å². The van der Waals surface area contributed by atoms with Crippen molar-refractivity contribution in [3.05, 3.63) is 29.3 Å². The van der Waals surface area contributed by atoms with Crippen LogP contribution in [0.3, 0.4) is 0 Å². The zero-order valence-electron chi connectivity index (χ0n) is 11.3. The topological polar surface area (TPSA) is 74.2 Å². The smallest absolute Gasteiger partial charge is 0.221 e. The molecule has 0 fully saturated rings. The average Bonchev–Trinajstić information content (AvgIpc) is 2.43. The van der Waals surface area contributed by atoms with E-state index >= 15 is 0 Å². The molecule has 0 saturated heterocycles. The molecule has 19 heavy (non-hydrogen) atoms. The standard InChI is InChI=1S/C14H19N3O2/c1-3-17-14(18)6-7-16-10-11-4-5-12(9-15)13(8-11)19-2/h4-5,8,16H,3,6-7,10H2,1-2H3,(H,17,18). The molecule has 0 saturated carbocycles. The molecule has 0 radical (unpaired) electrons. The first-order chi connectivity index (χ1) is 9.21. The van der Waals surface area contributed by atoms with Crippen LogP contribution in [0.25, 0.3) is 0 Å². The van der Waals surface area contributed by atoms with E-state index in [1.165, 1.54) is 0 Å². The van der Waals surface area contributed by atoms with Crippen LogP contribution in [0.5, 0.6) is 5.75 Å². The number of nitriles is 1. The lowest BCUT2D eigenvalue weighted by Crippen LogP contribution is -2.27. The highest BCUT2D eigenvalue weighted by atomic mass is 16.5. The quantitative estimate of drug-likeness (QED) is 0.723. The first-order valence-electron chi connectivity index (χ1n) is 6.25. The van der Waals surface area contributed by atoms with Crippen LogP contribution in [-0.2, 0) is 11.3 Å². The molecule has 1 aromatic rings. The van der Waals surface area contributed by atoms with Gasteiger partial charge >= 0.3 is 0 Å². The number of carbonyl (C=O) groups excluding carboxylic acids is 1. The van der Waals surface area contributed by atoms with Crippen LogP contribution >= 0.6 is 0 Å². The summed E-state index contributed by atoms with van der Waals surface area (Å²) in [5.41, 5.74) is 1.54. The molecule has 1 aromatic carbocycles. The number of benzene rings is 1. The van der Waals surface area contributed by atoms with E-state index in [4.69, 9.17) is 10.00 Å². The van der Waals surface area contributed by atoms with E-state index in [-0.39, 0.29) is 5.91 Å². The molecule has 0 atom stereocenters. The van der Waals surface area contributed by atoms with Crippen molar-refractivity contribution in [1.82, 2.24) is 10.6 Å². The minimum absolute atomic E-state index is 0.0485. The highest BCUT2D eigenvalue weighted by Gasteiger charge is 2.04. The van der Waals surface area contributed by atoms with Gasteiger partial charge in [-0.2, -0.15) is 5.26 Å². The van der Waals surface area contributed by atoms with Crippen molar-refractivity contribution in [2.45, 2.75) is 19.9 Å². The maximum atomic E-state index is 11.2. The number of hydrogen-bond acceptors (Lipinski definition) is 4. The Labute approximate surface area is 113 Å². The van der Waals surface area contributed by atoms with Gasteiger partial charge in [0.15, 0.2) is 0 Å². The molecule has 1 amide bonds. The number of methoxy groups -OCH3 is 1. The lowest BCUT2D eigenvalue weighted by atomic mass is 10.1. The molecule has 0 heterocycles. The van der Waals surface area contributed by atoms with E-state index in [9.17, 15) is 4.79 Å². The van der Waals surface area contributed by atoms with E-state index in [0.717, 1.165) is 5.56 Å². The van der Waals surface area contributed by atoms with Crippen LogP contribution in [0, 0.1) is 11.3 Å². The molecule has 5 heteroatoms. The maximum Gasteiger partial charge on any atom is 0.221 e. The summed E-state index contributed by atoms with van der Waals surface area (Å²) < 4.78 is 5.14. The van der Waals surface area contributed by atoms with Crippen LogP contribution in [0.1, 0.15) is 24.5 Å². The second kappa shape index (κ2) is 8.11. The minimum atomic E-state index is 0.0485. The third kappa shape index (κ3) is 4.98. The lowest BCUT2D eigenvalue weighted by Gasteiger charge is -2.08. The van der Waals surface area contributed by atoms with Gasteiger partial charge in [0.05, 0.1) is 12.7 Å². The zero-order valence-corrected chi connectivity index (χ0v) is 11.3.